The number of hydrogen-bond donors (Lipinski definition) is 0. The third-order valence-electron chi connectivity index (χ3n) is 3.08. The highest BCUT2D eigenvalue weighted by Gasteiger charge is 2.08. The Morgan fingerprint density at radius 1 is 0.952 bits per heavy atom. The van der Waals surface area contributed by atoms with Crippen LogP contribution in [0.1, 0.15) is 0 Å². The summed E-state index contributed by atoms with van der Waals surface area (Å²) in [4.78, 5) is 8.78. The van der Waals surface area contributed by atoms with E-state index in [0.717, 1.165) is 27.6 Å². The third kappa shape index (κ3) is 2.87. The molecule has 3 aromatic rings. The number of aromatic nitrogens is 2. The molecule has 0 fully saturated rings. The van der Waals surface area contributed by atoms with Gasteiger partial charge in [-0.2, -0.15) is 0 Å². The van der Waals surface area contributed by atoms with Crippen LogP contribution in [0.2, 0.25) is 0 Å². The van der Waals surface area contributed by atoms with Crippen LogP contribution >= 0.6 is 11.3 Å². The fourth-order valence-corrected chi connectivity index (χ4v) is 2.78. The monoisotopic (exact) mass is 298 g/mol. The van der Waals surface area contributed by atoms with Crippen molar-refractivity contribution in [2.24, 2.45) is 0 Å². The van der Waals surface area contributed by atoms with Crippen molar-refractivity contribution in [3.05, 3.63) is 48.0 Å². The first-order valence-electron chi connectivity index (χ1n) is 6.40. The van der Waals surface area contributed by atoms with Gasteiger partial charge in [-0.3, -0.25) is 0 Å². The lowest BCUT2D eigenvalue weighted by molar-refractivity contribution is 0.398. The lowest BCUT2D eigenvalue weighted by Gasteiger charge is -2.01. The molecule has 5 heteroatoms. The fourth-order valence-electron chi connectivity index (χ4n) is 1.95. The predicted octanol–water partition coefficient (Wildman–Crippen LogP) is 3.89. The van der Waals surface area contributed by atoms with E-state index in [4.69, 9.17) is 9.47 Å². The summed E-state index contributed by atoms with van der Waals surface area (Å²) < 4.78 is 10.3. The van der Waals surface area contributed by atoms with E-state index in [9.17, 15) is 0 Å². The minimum absolute atomic E-state index is 0.591. The Hall–Kier alpha value is -2.40. The molecule has 0 aliphatic heterocycles. The van der Waals surface area contributed by atoms with E-state index in [1.165, 1.54) is 0 Å². The smallest absolute Gasteiger partial charge is 0.213 e. The Morgan fingerprint density at radius 3 is 2.48 bits per heavy atom. The molecule has 4 nitrogen and oxygen atoms in total. The highest BCUT2D eigenvalue weighted by atomic mass is 32.1. The maximum absolute atomic E-state index is 5.17. The van der Waals surface area contributed by atoms with E-state index in [-0.39, 0.29) is 0 Å². The van der Waals surface area contributed by atoms with Crippen LogP contribution in [0.5, 0.6) is 11.6 Å². The van der Waals surface area contributed by atoms with Crippen molar-refractivity contribution in [2.75, 3.05) is 14.2 Å². The predicted molar refractivity (Wildman–Crippen MR) is 83.9 cm³/mol. The van der Waals surface area contributed by atoms with Gasteiger partial charge in [0.05, 0.1) is 19.9 Å². The van der Waals surface area contributed by atoms with E-state index < -0.39 is 0 Å². The standard InChI is InChI=1S/C16H14N2O2S/c1-19-13-5-3-11(4-6-13)14-10-21-16(18-14)12-7-8-17-15(9-12)20-2/h3-10H,1-2H3. The van der Waals surface area contributed by atoms with E-state index in [1.54, 1.807) is 31.8 Å². The van der Waals surface area contributed by atoms with Crippen molar-refractivity contribution >= 4 is 11.3 Å². The minimum Gasteiger partial charge on any atom is -0.497 e. The van der Waals surface area contributed by atoms with Crippen LogP contribution in [0.3, 0.4) is 0 Å². The maximum atomic E-state index is 5.17. The molecule has 21 heavy (non-hydrogen) atoms. The molecule has 0 spiro atoms. The molecule has 0 aliphatic carbocycles. The molecule has 0 saturated carbocycles. The summed E-state index contributed by atoms with van der Waals surface area (Å²) in [5, 5.41) is 2.99. The quantitative estimate of drug-likeness (QED) is 0.733. The summed E-state index contributed by atoms with van der Waals surface area (Å²) in [5.74, 6) is 1.43. The summed E-state index contributed by atoms with van der Waals surface area (Å²) in [6.07, 6.45) is 1.72. The van der Waals surface area contributed by atoms with Gasteiger partial charge >= 0.3 is 0 Å². The molecular weight excluding hydrogens is 284 g/mol. The Kier molecular flexibility index (Phi) is 3.83. The van der Waals surface area contributed by atoms with Crippen LogP contribution in [0.25, 0.3) is 21.8 Å². The molecule has 2 heterocycles. The summed E-state index contributed by atoms with van der Waals surface area (Å²) in [6.45, 7) is 0. The van der Waals surface area contributed by atoms with E-state index >= 15 is 0 Å². The number of methoxy groups -OCH3 is 2. The first-order chi connectivity index (χ1) is 10.3. The molecule has 3 rings (SSSR count). The van der Waals surface area contributed by atoms with Gasteiger partial charge in [0.15, 0.2) is 0 Å². The van der Waals surface area contributed by atoms with Crippen molar-refractivity contribution in [3.8, 4) is 33.5 Å². The average molecular weight is 298 g/mol. The normalized spacial score (nSPS) is 10.4. The zero-order valence-electron chi connectivity index (χ0n) is 11.7. The SMILES string of the molecule is COc1ccc(-c2csc(-c3ccnc(OC)c3)n2)cc1. The molecule has 2 aromatic heterocycles. The van der Waals surface area contributed by atoms with Gasteiger partial charge in [0.1, 0.15) is 10.8 Å². The van der Waals surface area contributed by atoms with Crippen LogP contribution in [0.15, 0.2) is 48.0 Å². The Balaban J connectivity index is 1.91. The van der Waals surface area contributed by atoms with Gasteiger partial charge in [-0.15, -0.1) is 11.3 Å². The minimum atomic E-state index is 0.591. The van der Waals surface area contributed by atoms with Gasteiger partial charge in [-0.05, 0) is 30.3 Å². The number of hydrogen-bond acceptors (Lipinski definition) is 5. The van der Waals surface area contributed by atoms with Gasteiger partial charge in [0.25, 0.3) is 0 Å². The second-order valence-corrected chi connectivity index (χ2v) is 5.21. The molecule has 0 aliphatic rings. The number of rotatable bonds is 4. The molecule has 106 valence electrons. The molecule has 0 N–H and O–H groups in total. The van der Waals surface area contributed by atoms with Crippen molar-refractivity contribution in [3.63, 3.8) is 0 Å². The number of thiazole rings is 1. The molecule has 0 amide bonds. The molecule has 0 radical (unpaired) electrons. The fraction of sp³-hybridized carbons (Fsp3) is 0.125. The topological polar surface area (TPSA) is 44.2 Å². The first kappa shape index (κ1) is 13.6. The lowest BCUT2D eigenvalue weighted by Crippen LogP contribution is -1.87. The first-order valence-corrected chi connectivity index (χ1v) is 7.28. The largest absolute Gasteiger partial charge is 0.497 e. The Labute approximate surface area is 127 Å². The van der Waals surface area contributed by atoms with Crippen molar-refractivity contribution < 1.29 is 9.47 Å². The van der Waals surface area contributed by atoms with Gasteiger partial charge < -0.3 is 9.47 Å². The maximum Gasteiger partial charge on any atom is 0.213 e. The van der Waals surface area contributed by atoms with Crippen molar-refractivity contribution in [1.29, 1.82) is 0 Å². The van der Waals surface area contributed by atoms with Gasteiger partial charge in [-0.1, -0.05) is 0 Å². The highest BCUT2D eigenvalue weighted by Crippen LogP contribution is 2.30. The zero-order valence-corrected chi connectivity index (χ0v) is 12.6. The number of benzene rings is 1. The highest BCUT2D eigenvalue weighted by molar-refractivity contribution is 7.13. The van der Waals surface area contributed by atoms with Gasteiger partial charge in [0, 0.05) is 28.8 Å². The van der Waals surface area contributed by atoms with E-state index in [2.05, 4.69) is 9.97 Å². The molecule has 0 unspecified atom stereocenters. The lowest BCUT2D eigenvalue weighted by atomic mass is 10.2. The van der Waals surface area contributed by atoms with Gasteiger partial charge in [0.2, 0.25) is 5.88 Å². The number of nitrogens with zero attached hydrogens (tertiary/aromatic N) is 2. The van der Waals surface area contributed by atoms with Crippen LogP contribution in [-0.4, -0.2) is 24.2 Å². The Morgan fingerprint density at radius 2 is 1.76 bits per heavy atom. The summed E-state index contributed by atoms with van der Waals surface area (Å²) in [5.41, 5.74) is 3.03. The van der Waals surface area contributed by atoms with E-state index in [0.29, 0.717) is 5.88 Å². The zero-order chi connectivity index (χ0) is 14.7. The molecule has 0 atom stereocenters. The molecular formula is C16H14N2O2S. The van der Waals surface area contributed by atoms with Crippen molar-refractivity contribution in [1.82, 2.24) is 9.97 Å². The summed E-state index contributed by atoms with van der Waals surface area (Å²) in [7, 11) is 3.27. The second kappa shape index (κ2) is 5.93. The summed E-state index contributed by atoms with van der Waals surface area (Å²) >= 11 is 1.60. The Bertz CT molecular complexity index is 738. The molecule has 1 aromatic carbocycles. The molecule has 0 bridgehead atoms. The van der Waals surface area contributed by atoms with Gasteiger partial charge in [-0.25, -0.2) is 9.97 Å². The average Bonchev–Trinajstić information content (AvgIpc) is 3.05. The van der Waals surface area contributed by atoms with Crippen LogP contribution < -0.4 is 9.47 Å². The van der Waals surface area contributed by atoms with Crippen LogP contribution in [0, 0.1) is 0 Å². The third-order valence-corrected chi connectivity index (χ3v) is 3.97. The number of ether oxygens (including phenoxy) is 2. The molecule has 0 saturated heterocycles. The number of pyridine rings is 1. The van der Waals surface area contributed by atoms with Crippen LogP contribution in [0.4, 0.5) is 0 Å². The second-order valence-electron chi connectivity index (χ2n) is 4.35. The van der Waals surface area contributed by atoms with Crippen molar-refractivity contribution in [2.45, 2.75) is 0 Å². The summed E-state index contributed by atoms with van der Waals surface area (Å²) in [6, 6.07) is 11.7. The van der Waals surface area contributed by atoms with E-state index in [1.807, 2.05) is 41.8 Å². The van der Waals surface area contributed by atoms with Crippen LogP contribution in [-0.2, 0) is 0 Å².